The average Bonchev–Trinajstić information content (AvgIpc) is 2.62. The molecular weight excluding hydrogens is 200 g/mol. The number of likely N-dealkylation sites (N-methyl/N-ethyl adjacent to an activating group) is 1. The summed E-state index contributed by atoms with van der Waals surface area (Å²) in [7, 11) is 1.79. The average molecular weight is 214 g/mol. The Morgan fingerprint density at radius 3 is 3.00 bits per heavy atom. The van der Waals surface area contributed by atoms with Gasteiger partial charge in [0.25, 0.3) is 0 Å². The molecule has 5 heteroatoms. The minimum Gasteiger partial charge on any atom is -0.319 e. The molecule has 14 heavy (non-hydrogen) atoms. The minimum atomic E-state index is -0.200. The fourth-order valence-corrected chi connectivity index (χ4v) is 3.48. The zero-order valence-electron chi connectivity index (χ0n) is 8.10. The van der Waals surface area contributed by atoms with Crippen molar-refractivity contribution in [1.82, 2.24) is 10.2 Å². The molecular formula is C9H14N2O2S. The van der Waals surface area contributed by atoms with Gasteiger partial charge in [0.1, 0.15) is 6.29 Å². The summed E-state index contributed by atoms with van der Waals surface area (Å²) in [5.74, 6) is 0.849. The summed E-state index contributed by atoms with van der Waals surface area (Å²) < 4.78 is 0. The van der Waals surface area contributed by atoms with E-state index in [1.807, 2.05) is 0 Å². The lowest BCUT2D eigenvalue weighted by atomic mass is 10.0. The Morgan fingerprint density at radius 1 is 1.57 bits per heavy atom. The molecule has 78 valence electrons. The van der Waals surface area contributed by atoms with Gasteiger partial charge in [-0.05, 0) is 19.9 Å². The summed E-state index contributed by atoms with van der Waals surface area (Å²) in [6.07, 6.45) is 2.77. The molecule has 0 unspecified atom stereocenters. The lowest BCUT2D eigenvalue weighted by Gasteiger charge is -2.35. The number of thioether (sulfide) groups is 1. The van der Waals surface area contributed by atoms with Crippen molar-refractivity contribution in [1.29, 1.82) is 0 Å². The highest BCUT2D eigenvalue weighted by Crippen LogP contribution is 2.35. The van der Waals surface area contributed by atoms with Gasteiger partial charge in [0.05, 0.1) is 17.5 Å². The molecule has 2 aliphatic heterocycles. The van der Waals surface area contributed by atoms with E-state index in [-0.39, 0.29) is 23.4 Å². The van der Waals surface area contributed by atoms with E-state index in [9.17, 15) is 9.59 Å². The predicted octanol–water partition coefficient (Wildman–Crippen LogP) is -0.163. The van der Waals surface area contributed by atoms with E-state index in [1.165, 1.54) is 0 Å². The molecule has 2 rings (SSSR count). The quantitative estimate of drug-likeness (QED) is 0.649. The fourth-order valence-electron chi connectivity index (χ4n) is 2.10. The van der Waals surface area contributed by atoms with Crippen molar-refractivity contribution in [2.75, 3.05) is 12.8 Å². The number of rotatable bonds is 2. The molecule has 3 atom stereocenters. The normalized spacial score (nSPS) is 37.1. The minimum absolute atomic E-state index is 0.0888. The Hall–Kier alpha value is -0.550. The van der Waals surface area contributed by atoms with Crippen molar-refractivity contribution >= 4 is 24.0 Å². The predicted molar refractivity (Wildman–Crippen MR) is 55.0 cm³/mol. The van der Waals surface area contributed by atoms with Crippen LogP contribution in [0.2, 0.25) is 0 Å². The van der Waals surface area contributed by atoms with Crippen LogP contribution in [0, 0.1) is 0 Å². The smallest absolute Gasteiger partial charge is 0.241 e. The van der Waals surface area contributed by atoms with Gasteiger partial charge >= 0.3 is 0 Å². The maximum Gasteiger partial charge on any atom is 0.241 e. The van der Waals surface area contributed by atoms with Crippen LogP contribution in [-0.4, -0.2) is 47.4 Å². The summed E-state index contributed by atoms with van der Waals surface area (Å²) >= 11 is 1.72. The van der Waals surface area contributed by atoms with Gasteiger partial charge in [0, 0.05) is 5.75 Å². The molecule has 0 aliphatic carbocycles. The Morgan fingerprint density at radius 2 is 2.36 bits per heavy atom. The number of aldehydes is 1. The first-order valence-corrected chi connectivity index (χ1v) is 5.89. The van der Waals surface area contributed by atoms with Crippen LogP contribution in [0.3, 0.4) is 0 Å². The number of fused-ring (bicyclic) bond motifs is 1. The van der Waals surface area contributed by atoms with Crippen LogP contribution in [0.15, 0.2) is 0 Å². The Bertz CT molecular complexity index is 259. The van der Waals surface area contributed by atoms with Crippen LogP contribution in [0.5, 0.6) is 0 Å². The zero-order chi connectivity index (χ0) is 10.1. The zero-order valence-corrected chi connectivity index (χ0v) is 8.92. The number of carbonyl (C=O) groups is 2. The monoisotopic (exact) mass is 214 g/mol. The molecule has 0 bridgehead atoms. The summed E-state index contributed by atoms with van der Waals surface area (Å²) in [5, 5.41) is 3.23. The SMILES string of the molecule is CN[C@H]1CC[C@@H]2SC[C@@H](C=O)N2C1=O. The van der Waals surface area contributed by atoms with Crippen molar-refractivity contribution in [3.05, 3.63) is 0 Å². The lowest BCUT2D eigenvalue weighted by Crippen LogP contribution is -2.54. The number of hydrogen-bond acceptors (Lipinski definition) is 4. The molecule has 0 aromatic heterocycles. The van der Waals surface area contributed by atoms with Gasteiger partial charge in [0.15, 0.2) is 0 Å². The third-order valence-electron chi connectivity index (χ3n) is 2.89. The van der Waals surface area contributed by atoms with Gasteiger partial charge in [-0.2, -0.15) is 0 Å². The maximum absolute atomic E-state index is 11.9. The number of amides is 1. The fraction of sp³-hybridized carbons (Fsp3) is 0.778. The molecule has 1 N–H and O–H groups in total. The number of carbonyl (C=O) groups excluding carboxylic acids is 2. The largest absolute Gasteiger partial charge is 0.319 e. The maximum atomic E-state index is 11.9. The molecule has 2 aliphatic rings. The third kappa shape index (κ3) is 1.44. The second-order valence-corrected chi connectivity index (χ2v) is 4.87. The topological polar surface area (TPSA) is 49.4 Å². The van der Waals surface area contributed by atoms with Gasteiger partial charge in [-0.3, -0.25) is 4.79 Å². The first-order chi connectivity index (χ1) is 6.77. The number of nitrogens with zero attached hydrogens (tertiary/aromatic N) is 1. The van der Waals surface area contributed by atoms with E-state index >= 15 is 0 Å². The lowest BCUT2D eigenvalue weighted by molar-refractivity contribution is -0.140. The third-order valence-corrected chi connectivity index (χ3v) is 4.27. The van der Waals surface area contributed by atoms with Crippen LogP contribution in [0.25, 0.3) is 0 Å². The molecule has 0 aromatic carbocycles. The van der Waals surface area contributed by atoms with E-state index in [4.69, 9.17) is 0 Å². The van der Waals surface area contributed by atoms with Crippen LogP contribution >= 0.6 is 11.8 Å². The molecule has 0 aromatic rings. The molecule has 2 heterocycles. The van der Waals surface area contributed by atoms with Gasteiger partial charge in [-0.1, -0.05) is 0 Å². The number of piperidine rings is 1. The van der Waals surface area contributed by atoms with E-state index < -0.39 is 0 Å². The number of hydrogen-bond donors (Lipinski definition) is 1. The Labute approximate surface area is 87.4 Å². The highest BCUT2D eigenvalue weighted by Gasteiger charge is 2.43. The molecule has 2 saturated heterocycles. The van der Waals surface area contributed by atoms with Crippen molar-refractivity contribution in [2.45, 2.75) is 30.3 Å². The molecule has 1 amide bonds. The molecule has 4 nitrogen and oxygen atoms in total. The first kappa shape index (κ1) is 9.98. The van der Waals surface area contributed by atoms with Gasteiger partial charge in [-0.15, -0.1) is 11.8 Å². The standard InChI is InChI=1S/C9H14N2O2S/c1-10-7-2-3-8-11(9(7)13)6(4-12)5-14-8/h4,6-8,10H,2-3,5H2,1H3/t6-,7+,8+/m1/s1. The molecule has 0 radical (unpaired) electrons. The van der Waals surface area contributed by atoms with Gasteiger partial charge < -0.3 is 15.0 Å². The summed E-state index contributed by atoms with van der Waals surface area (Å²) in [4.78, 5) is 24.4. The Kier molecular flexibility index (Phi) is 2.78. The summed E-state index contributed by atoms with van der Waals surface area (Å²) in [6, 6.07) is -0.291. The van der Waals surface area contributed by atoms with Crippen molar-refractivity contribution in [3.63, 3.8) is 0 Å². The van der Waals surface area contributed by atoms with Crippen LogP contribution in [0.1, 0.15) is 12.8 Å². The van der Waals surface area contributed by atoms with Gasteiger partial charge in [-0.25, -0.2) is 0 Å². The second-order valence-electron chi connectivity index (χ2n) is 3.66. The van der Waals surface area contributed by atoms with E-state index in [1.54, 1.807) is 23.7 Å². The number of nitrogens with one attached hydrogen (secondary N) is 1. The van der Waals surface area contributed by atoms with Crippen LogP contribution in [0.4, 0.5) is 0 Å². The highest BCUT2D eigenvalue weighted by atomic mass is 32.2. The van der Waals surface area contributed by atoms with E-state index in [0.717, 1.165) is 24.9 Å². The van der Waals surface area contributed by atoms with Crippen molar-refractivity contribution in [3.8, 4) is 0 Å². The van der Waals surface area contributed by atoms with Crippen molar-refractivity contribution in [2.24, 2.45) is 0 Å². The van der Waals surface area contributed by atoms with Crippen LogP contribution < -0.4 is 5.32 Å². The summed E-state index contributed by atoms with van der Waals surface area (Å²) in [5.41, 5.74) is 0. The molecule has 0 spiro atoms. The Balaban J connectivity index is 2.16. The first-order valence-electron chi connectivity index (χ1n) is 4.84. The molecule has 0 saturated carbocycles. The van der Waals surface area contributed by atoms with E-state index in [2.05, 4.69) is 5.32 Å². The van der Waals surface area contributed by atoms with Gasteiger partial charge in [0.2, 0.25) is 5.91 Å². The summed E-state index contributed by atoms with van der Waals surface area (Å²) in [6.45, 7) is 0. The second kappa shape index (κ2) is 3.90. The van der Waals surface area contributed by atoms with Crippen molar-refractivity contribution < 1.29 is 9.59 Å². The highest BCUT2D eigenvalue weighted by molar-refractivity contribution is 8.00. The van der Waals surface area contributed by atoms with E-state index in [0.29, 0.717) is 0 Å². The van der Waals surface area contributed by atoms with Crippen LogP contribution in [-0.2, 0) is 9.59 Å². The molecule has 2 fully saturated rings.